The van der Waals surface area contributed by atoms with Gasteiger partial charge in [0.2, 0.25) is 0 Å². The summed E-state index contributed by atoms with van der Waals surface area (Å²) in [5, 5.41) is 14.8. The molecule has 8 nitrogen and oxygen atoms in total. The van der Waals surface area contributed by atoms with Gasteiger partial charge in [0.25, 0.3) is 0 Å². The van der Waals surface area contributed by atoms with Crippen LogP contribution in [0.15, 0.2) is 54.6 Å². The summed E-state index contributed by atoms with van der Waals surface area (Å²) < 4.78 is 5.25. The summed E-state index contributed by atoms with van der Waals surface area (Å²) >= 11 is 0. The molecule has 33 heavy (non-hydrogen) atoms. The van der Waals surface area contributed by atoms with E-state index in [9.17, 15) is 0 Å². The Bertz CT molecular complexity index is 863. The number of aliphatic carboxylic acids is 2. The second kappa shape index (κ2) is 12.2. The molecule has 2 saturated heterocycles. The average Bonchev–Trinajstić information content (AvgIpc) is 2.86. The van der Waals surface area contributed by atoms with Gasteiger partial charge in [-0.25, -0.2) is 9.59 Å². The van der Waals surface area contributed by atoms with Gasteiger partial charge in [-0.2, -0.15) is 0 Å². The molecule has 0 amide bonds. The second-order valence-corrected chi connectivity index (χ2v) is 8.32. The standard InChI is InChI=1S/C23H31N3O.C2H2O4/c1-27-23-9-7-20(8-10-23)19-24-13-11-22(12-14-24)26-17-15-25(16-18-26)21-5-3-2-4-6-21;3-1(4)2(5)6/h2-10,22H,11-19H2,1H3;(H,3,4)(H,5,6). The van der Waals surface area contributed by atoms with Crippen LogP contribution in [0.25, 0.3) is 0 Å². The van der Waals surface area contributed by atoms with Crippen LogP contribution in [-0.2, 0) is 16.1 Å². The Kier molecular flexibility index (Phi) is 9.09. The fraction of sp³-hybridized carbons (Fsp3) is 0.440. The van der Waals surface area contributed by atoms with Crippen molar-refractivity contribution < 1.29 is 24.5 Å². The van der Waals surface area contributed by atoms with Gasteiger partial charge in [0, 0.05) is 44.5 Å². The number of para-hydroxylation sites is 1. The number of carbonyl (C=O) groups is 2. The number of hydrogen-bond acceptors (Lipinski definition) is 6. The van der Waals surface area contributed by atoms with Crippen molar-refractivity contribution in [3.05, 3.63) is 60.2 Å². The van der Waals surface area contributed by atoms with Gasteiger partial charge in [-0.3, -0.25) is 9.80 Å². The van der Waals surface area contributed by atoms with E-state index in [0.717, 1.165) is 31.4 Å². The molecule has 0 saturated carbocycles. The Hall–Kier alpha value is -3.10. The molecule has 4 rings (SSSR count). The number of carboxylic acids is 2. The Balaban J connectivity index is 0.000000454. The maximum Gasteiger partial charge on any atom is 0.414 e. The molecule has 2 fully saturated rings. The smallest absolute Gasteiger partial charge is 0.414 e. The minimum atomic E-state index is -1.82. The molecular formula is C25H33N3O5. The Morgan fingerprint density at radius 2 is 1.42 bits per heavy atom. The topological polar surface area (TPSA) is 93.5 Å². The van der Waals surface area contributed by atoms with E-state index in [-0.39, 0.29) is 0 Å². The van der Waals surface area contributed by atoms with Gasteiger partial charge in [-0.05, 0) is 55.8 Å². The molecule has 0 atom stereocenters. The van der Waals surface area contributed by atoms with Crippen LogP contribution in [0.4, 0.5) is 5.69 Å². The summed E-state index contributed by atoms with van der Waals surface area (Å²) in [6, 6.07) is 20.1. The molecule has 2 aliphatic heterocycles. The van der Waals surface area contributed by atoms with Crippen LogP contribution in [-0.4, -0.2) is 84.4 Å². The SMILES string of the molecule is COc1ccc(CN2CCC(N3CCN(c4ccccc4)CC3)CC2)cc1.O=C(O)C(=O)O. The van der Waals surface area contributed by atoms with E-state index < -0.39 is 11.9 Å². The quantitative estimate of drug-likeness (QED) is 0.665. The lowest BCUT2D eigenvalue weighted by Crippen LogP contribution is -2.53. The van der Waals surface area contributed by atoms with Gasteiger partial charge in [0.15, 0.2) is 0 Å². The molecule has 2 aliphatic rings. The third-order valence-electron chi connectivity index (χ3n) is 6.26. The van der Waals surface area contributed by atoms with Crippen LogP contribution in [0.5, 0.6) is 5.75 Å². The number of ether oxygens (including phenoxy) is 1. The molecule has 0 spiro atoms. The largest absolute Gasteiger partial charge is 0.497 e. The highest BCUT2D eigenvalue weighted by Gasteiger charge is 2.27. The van der Waals surface area contributed by atoms with Gasteiger partial charge >= 0.3 is 11.9 Å². The molecule has 0 unspecified atom stereocenters. The summed E-state index contributed by atoms with van der Waals surface area (Å²) in [5.41, 5.74) is 2.75. The maximum absolute atomic E-state index is 9.10. The Labute approximate surface area is 195 Å². The molecule has 2 aromatic carbocycles. The monoisotopic (exact) mass is 455 g/mol. The number of anilines is 1. The highest BCUT2D eigenvalue weighted by molar-refractivity contribution is 6.27. The maximum atomic E-state index is 9.10. The van der Waals surface area contributed by atoms with Gasteiger partial charge in [-0.1, -0.05) is 30.3 Å². The first-order chi connectivity index (χ1) is 16.0. The molecule has 0 radical (unpaired) electrons. The molecule has 2 heterocycles. The molecule has 0 aromatic heterocycles. The zero-order chi connectivity index (χ0) is 23.6. The van der Waals surface area contributed by atoms with Crippen molar-refractivity contribution >= 4 is 17.6 Å². The zero-order valence-electron chi connectivity index (χ0n) is 19.1. The molecule has 2 N–H and O–H groups in total. The number of piperazine rings is 1. The molecular weight excluding hydrogens is 422 g/mol. The molecule has 8 heteroatoms. The summed E-state index contributed by atoms with van der Waals surface area (Å²) in [4.78, 5) is 26.0. The summed E-state index contributed by atoms with van der Waals surface area (Å²) in [5.74, 6) is -2.71. The van der Waals surface area contributed by atoms with Crippen molar-refractivity contribution in [2.45, 2.75) is 25.4 Å². The van der Waals surface area contributed by atoms with Gasteiger partial charge in [0.1, 0.15) is 5.75 Å². The first-order valence-corrected chi connectivity index (χ1v) is 11.3. The first kappa shape index (κ1) is 24.5. The van der Waals surface area contributed by atoms with Gasteiger partial charge in [-0.15, -0.1) is 0 Å². The lowest BCUT2D eigenvalue weighted by Gasteiger charge is -2.43. The van der Waals surface area contributed by atoms with Crippen molar-refractivity contribution in [3.63, 3.8) is 0 Å². The van der Waals surface area contributed by atoms with Crippen molar-refractivity contribution in [1.82, 2.24) is 9.80 Å². The number of likely N-dealkylation sites (tertiary alicyclic amines) is 1. The van der Waals surface area contributed by atoms with E-state index in [1.807, 2.05) is 0 Å². The number of methoxy groups -OCH3 is 1. The van der Waals surface area contributed by atoms with Crippen LogP contribution in [0.1, 0.15) is 18.4 Å². The fourth-order valence-electron chi connectivity index (χ4n) is 4.42. The van der Waals surface area contributed by atoms with Crippen molar-refractivity contribution in [2.75, 3.05) is 51.3 Å². The third-order valence-corrected chi connectivity index (χ3v) is 6.26. The van der Waals surface area contributed by atoms with E-state index in [1.165, 1.54) is 50.3 Å². The van der Waals surface area contributed by atoms with Crippen molar-refractivity contribution in [2.24, 2.45) is 0 Å². The molecule has 2 aromatic rings. The number of rotatable bonds is 5. The fourth-order valence-corrected chi connectivity index (χ4v) is 4.42. The van der Waals surface area contributed by atoms with Gasteiger partial charge < -0.3 is 19.8 Å². The van der Waals surface area contributed by atoms with E-state index in [1.54, 1.807) is 7.11 Å². The molecule has 0 aliphatic carbocycles. The Morgan fingerprint density at radius 3 is 1.94 bits per heavy atom. The predicted octanol–water partition coefficient (Wildman–Crippen LogP) is 2.64. The second-order valence-electron chi connectivity index (χ2n) is 8.32. The number of piperidine rings is 1. The highest BCUT2D eigenvalue weighted by atomic mass is 16.5. The lowest BCUT2D eigenvalue weighted by atomic mass is 10.0. The summed E-state index contributed by atoms with van der Waals surface area (Å²) in [6.07, 6.45) is 2.59. The van der Waals surface area contributed by atoms with Crippen LogP contribution >= 0.6 is 0 Å². The lowest BCUT2D eigenvalue weighted by molar-refractivity contribution is -0.159. The molecule has 0 bridgehead atoms. The predicted molar refractivity (Wildman–Crippen MR) is 127 cm³/mol. The van der Waals surface area contributed by atoms with Gasteiger partial charge in [0.05, 0.1) is 7.11 Å². The number of hydrogen-bond donors (Lipinski definition) is 2. The average molecular weight is 456 g/mol. The van der Waals surface area contributed by atoms with E-state index >= 15 is 0 Å². The minimum absolute atomic E-state index is 0.759. The van der Waals surface area contributed by atoms with Crippen molar-refractivity contribution in [1.29, 1.82) is 0 Å². The zero-order valence-corrected chi connectivity index (χ0v) is 19.1. The first-order valence-electron chi connectivity index (χ1n) is 11.3. The number of benzene rings is 2. The Morgan fingerprint density at radius 1 is 0.848 bits per heavy atom. The van der Waals surface area contributed by atoms with E-state index in [2.05, 4.69) is 69.3 Å². The highest BCUT2D eigenvalue weighted by Crippen LogP contribution is 2.22. The van der Waals surface area contributed by atoms with Crippen LogP contribution < -0.4 is 9.64 Å². The van der Waals surface area contributed by atoms with Crippen LogP contribution in [0.3, 0.4) is 0 Å². The minimum Gasteiger partial charge on any atom is -0.497 e. The van der Waals surface area contributed by atoms with Crippen LogP contribution in [0, 0.1) is 0 Å². The normalized spacial score (nSPS) is 17.7. The summed E-state index contributed by atoms with van der Waals surface area (Å²) in [7, 11) is 1.72. The third kappa shape index (κ3) is 7.47. The summed E-state index contributed by atoms with van der Waals surface area (Å²) in [6.45, 7) is 8.14. The number of carboxylic acid groups (broad SMARTS) is 2. The van der Waals surface area contributed by atoms with Crippen LogP contribution in [0.2, 0.25) is 0 Å². The van der Waals surface area contributed by atoms with Crippen molar-refractivity contribution in [3.8, 4) is 5.75 Å². The number of nitrogens with zero attached hydrogens (tertiary/aromatic N) is 3. The van der Waals surface area contributed by atoms with E-state index in [4.69, 9.17) is 24.5 Å². The van der Waals surface area contributed by atoms with E-state index in [0.29, 0.717) is 0 Å². The molecule has 178 valence electrons.